The highest BCUT2D eigenvalue weighted by molar-refractivity contribution is 5.87. The molecule has 0 fully saturated rings. The van der Waals surface area contributed by atoms with Gasteiger partial charge in [0.1, 0.15) is 17.8 Å². The lowest BCUT2D eigenvalue weighted by Crippen LogP contribution is -2.34. The smallest absolute Gasteiger partial charge is 0.347 e. The van der Waals surface area contributed by atoms with Crippen LogP contribution in [0.25, 0.3) is 10.9 Å². The summed E-state index contributed by atoms with van der Waals surface area (Å²) in [6.07, 6.45) is 4.66. The molecule has 1 amide bonds. The Labute approximate surface area is 144 Å². The maximum absolute atomic E-state index is 12.4. The zero-order valence-electron chi connectivity index (χ0n) is 14.0. The number of nitrogens with zero attached hydrogens (tertiary/aromatic N) is 4. The predicted molar refractivity (Wildman–Crippen MR) is 93.3 cm³/mol. The molecule has 0 aliphatic heterocycles. The summed E-state index contributed by atoms with van der Waals surface area (Å²) < 4.78 is 6.62. The van der Waals surface area contributed by atoms with Gasteiger partial charge < -0.3 is 9.64 Å². The van der Waals surface area contributed by atoms with E-state index in [1.54, 1.807) is 37.5 Å². The summed E-state index contributed by atoms with van der Waals surface area (Å²) in [4.78, 5) is 33.7. The van der Waals surface area contributed by atoms with Crippen LogP contribution in [0.4, 0.5) is 0 Å². The Bertz CT molecular complexity index is 968. The molecule has 0 atom stereocenters. The van der Waals surface area contributed by atoms with Crippen LogP contribution in [0.2, 0.25) is 0 Å². The minimum absolute atomic E-state index is 0.0461. The molecule has 2 aromatic heterocycles. The highest BCUT2D eigenvalue weighted by Crippen LogP contribution is 2.27. The fourth-order valence-electron chi connectivity index (χ4n) is 2.63. The van der Waals surface area contributed by atoms with Crippen molar-refractivity contribution in [1.82, 2.24) is 19.4 Å². The standard InChI is InChI=1S/C18H18N4O3/c1-21(16(23)12-22-10-4-9-20-18(22)24)11-13-6-7-15(25-2)17-14(13)5-3-8-19-17/h3-10H,11-12H2,1-2H3. The topological polar surface area (TPSA) is 77.3 Å². The van der Waals surface area contributed by atoms with Gasteiger partial charge in [-0.25, -0.2) is 9.78 Å². The van der Waals surface area contributed by atoms with Gasteiger partial charge in [0.2, 0.25) is 5.91 Å². The zero-order valence-corrected chi connectivity index (χ0v) is 14.0. The molecule has 3 rings (SSSR count). The Hall–Kier alpha value is -3.22. The lowest BCUT2D eigenvalue weighted by Gasteiger charge is -2.19. The van der Waals surface area contributed by atoms with Crippen LogP contribution in [-0.2, 0) is 17.9 Å². The van der Waals surface area contributed by atoms with Gasteiger partial charge in [-0.05, 0) is 23.8 Å². The van der Waals surface area contributed by atoms with Gasteiger partial charge in [0.05, 0.1) is 7.11 Å². The third kappa shape index (κ3) is 3.50. The zero-order chi connectivity index (χ0) is 17.8. The number of hydrogen-bond acceptors (Lipinski definition) is 5. The Morgan fingerprint density at radius 3 is 2.76 bits per heavy atom. The van der Waals surface area contributed by atoms with E-state index in [1.807, 2.05) is 24.3 Å². The van der Waals surface area contributed by atoms with Crippen LogP contribution in [0, 0.1) is 0 Å². The van der Waals surface area contributed by atoms with Crippen molar-refractivity contribution in [2.75, 3.05) is 14.2 Å². The van der Waals surface area contributed by atoms with Crippen LogP contribution >= 0.6 is 0 Å². The van der Waals surface area contributed by atoms with Crippen molar-refractivity contribution in [2.45, 2.75) is 13.1 Å². The Morgan fingerprint density at radius 1 is 1.20 bits per heavy atom. The lowest BCUT2D eigenvalue weighted by atomic mass is 10.1. The van der Waals surface area contributed by atoms with Gasteiger partial charge in [0, 0.05) is 37.6 Å². The minimum atomic E-state index is -0.441. The molecule has 0 unspecified atom stereocenters. The Morgan fingerprint density at radius 2 is 2.00 bits per heavy atom. The van der Waals surface area contributed by atoms with Crippen molar-refractivity contribution in [3.05, 3.63) is 65.0 Å². The first-order chi connectivity index (χ1) is 12.1. The van der Waals surface area contributed by atoms with Crippen LogP contribution < -0.4 is 10.4 Å². The van der Waals surface area contributed by atoms with Crippen molar-refractivity contribution in [1.29, 1.82) is 0 Å². The van der Waals surface area contributed by atoms with E-state index < -0.39 is 5.69 Å². The fraction of sp³-hybridized carbons (Fsp3) is 0.222. The minimum Gasteiger partial charge on any atom is -0.494 e. The van der Waals surface area contributed by atoms with Gasteiger partial charge in [-0.3, -0.25) is 14.3 Å². The molecule has 25 heavy (non-hydrogen) atoms. The quantitative estimate of drug-likeness (QED) is 0.704. The average Bonchev–Trinajstić information content (AvgIpc) is 2.63. The van der Waals surface area contributed by atoms with Gasteiger partial charge in [-0.15, -0.1) is 0 Å². The second-order valence-electron chi connectivity index (χ2n) is 5.61. The van der Waals surface area contributed by atoms with Gasteiger partial charge in [-0.1, -0.05) is 12.1 Å². The van der Waals surface area contributed by atoms with Gasteiger partial charge in [-0.2, -0.15) is 0 Å². The number of carbonyl (C=O) groups excluding carboxylic acids is 1. The molecular weight excluding hydrogens is 320 g/mol. The largest absolute Gasteiger partial charge is 0.494 e. The van der Waals surface area contributed by atoms with E-state index in [-0.39, 0.29) is 12.5 Å². The fourth-order valence-corrected chi connectivity index (χ4v) is 2.63. The molecule has 0 aliphatic rings. The maximum Gasteiger partial charge on any atom is 0.347 e. The van der Waals surface area contributed by atoms with Crippen LogP contribution in [0.5, 0.6) is 5.75 Å². The van der Waals surface area contributed by atoms with E-state index in [4.69, 9.17) is 4.74 Å². The molecule has 0 saturated carbocycles. The molecule has 3 aromatic rings. The molecule has 0 bridgehead atoms. The van der Waals surface area contributed by atoms with E-state index in [9.17, 15) is 9.59 Å². The molecule has 1 aromatic carbocycles. The van der Waals surface area contributed by atoms with Crippen LogP contribution in [0.1, 0.15) is 5.56 Å². The first kappa shape index (κ1) is 16.6. The summed E-state index contributed by atoms with van der Waals surface area (Å²) in [5.41, 5.74) is 1.27. The third-order valence-corrected chi connectivity index (χ3v) is 3.96. The normalized spacial score (nSPS) is 10.6. The number of fused-ring (bicyclic) bond motifs is 1. The summed E-state index contributed by atoms with van der Waals surface area (Å²) >= 11 is 0. The van der Waals surface area contributed by atoms with Crippen molar-refractivity contribution >= 4 is 16.8 Å². The summed E-state index contributed by atoms with van der Waals surface area (Å²) in [7, 11) is 3.31. The molecule has 0 N–H and O–H groups in total. The summed E-state index contributed by atoms with van der Waals surface area (Å²) in [6, 6.07) is 9.18. The van der Waals surface area contributed by atoms with Gasteiger partial charge >= 0.3 is 5.69 Å². The van der Waals surface area contributed by atoms with E-state index in [0.717, 1.165) is 16.5 Å². The highest BCUT2D eigenvalue weighted by atomic mass is 16.5. The van der Waals surface area contributed by atoms with Crippen LogP contribution in [0.3, 0.4) is 0 Å². The average molecular weight is 338 g/mol. The molecule has 128 valence electrons. The molecule has 7 nitrogen and oxygen atoms in total. The summed E-state index contributed by atoms with van der Waals surface area (Å²) in [6.45, 7) is 0.357. The molecule has 0 aliphatic carbocycles. The van der Waals surface area contributed by atoms with E-state index in [0.29, 0.717) is 12.3 Å². The van der Waals surface area contributed by atoms with Crippen molar-refractivity contribution in [3.8, 4) is 5.75 Å². The predicted octanol–water partition coefficient (Wildman–Crippen LogP) is 1.46. The molecule has 2 heterocycles. The first-order valence-electron chi connectivity index (χ1n) is 7.76. The second kappa shape index (κ2) is 7.12. The van der Waals surface area contributed by atoms with E-state index in [1.165, 1.54) is 10.8 Å². The van der Waals surface area contributed by atoms with E-state index in [2.05, 4.69) is 9.97 Å². The highest BCUT2D eigenvalue weighted by Gasteiger charge is 2.14. The number of aromatic nitrogens is 3. The van der Waals surface area contributed by atoms with Crippen LogP contribution in [-0.4, -0.2) is 39.5 Å². The number of carbonyl (C=O) groups is 1. The number of rotatable bonds is 5. The number of pyridine rings is 1. The molecular formula is C18H18N4O3. The number of amides is 1. The number of hydrogen-bond donors (Lipinski definition) is 0. The molecule has 0 saturated heterocycles. The number of likely N-dealkylation sites (N-methyl/N-ethyl adjacent to an activating group) is 1. The molecule has 7 heteroatoms. The van der Waals surface area contributed by atoms with Crippen molar-refractivity contribution in [3.63, 3.8) is 0 Å². The molecule has 0 spiro atoms. The first-order valence-corrected chi connectivity index (χ1v) is 7.76. The van der Waals surface area contributed by atoms with E-state index >= 15 is 0 Å². The van der Waals surface area contributed by atoms with Gasteiger partial charge in [0.25, 0.3) is 0 Å². The third-order valence-electron chi connectivity index (χ3n) is 3.96. The Kier molecular flexibility index (Phi) is 4.74. The maximum atomic E-state index is 12.4. The number of ether oxygens (including phenoxy) is 1. The second-order valence-corrected chi connectivity index (χ2v) is 5.61. The number of benzene rings is 1. The van der Waals surface area contributed by atoms with Crippen molar-refractivity contribution < 1.29 is 9.53 Å². The lowest BCUT2D eigenvalue weighted by molar-refractivity contribution is -0.131. The number of methoxy groups -OCH3 is 1. The summed E-state index contributed by atoms with van der Waals surface area (Å²) in [5, 5.41) is 0.931. The van der Waals surface area contributed by atoms with Gasteiger partial charge in [0.15, 0.2) is 0 Å². The molecule has 0 radical (unpaired) electrons. The van der Waals surface area contributed by atoms with Crippen LogP contribution in [0.15, 0.2) is 53.7 Å². The SMILES string of the molecule is COc1ccc(CN(C)C(=O)Cn2cccnc2=O)c2cccnc12. The van der Waals surface area contributed by atoms with Crippen molar-refractivity contribution in [2.24, 2.45) is 0 Å². The monoisotopic (exact) mass is 338 g/mol. The summed E-state index contributed by atoms with van der Waals surface area (Å²) in [5.74, 6) is 0.512. The Balaban J connectivity index is 1.82.